The number of nitriles is 1. The number of nitrogens with zero attached hydrogens (tertiary/aromatic N) is 1. The second-order valence-electron chi connectivity index (χ2n) is 4.03. The van der Waals surface area contributed by atoms with Gasteiger partial charge in [-0.3, -0.25) is 4.79 Å². The van der Waals surface area contributed by atoms with E-state index >= 15 is 0 Å². The zero-order valence-electron chi connectivity index (χ0n) is 10.7. The lowest BCUT2D eigenvalue weighted by molar-refractivity contribution is -0.140. The molecule has 1 aromatic rings. The van der Waals surface area contributed by atoms with Crippen molar-refractivity contribution in [3.63, 3.8) is 0 Å². The van der Waals surface area contributed by atoms with Crippen LogP contribution in [0.5, 0.6) is 0 Å². The van der Waals surface area contributed by atoms with Crippen molar-refractivity contribution in [3.05, 3.63) is 35.1 Å². The summed E-state index contributed by atoms with van der Waals surface area (Å²) in [6, 6.07) is 4.95. The van der Waals surface area contributed by atoms with Gasteiger partial charge in [0.15, 0.2) is 0 Å². The van der Waals surface area contributed by atoms with Crippen LogP contribution in [0.2, 0.25) is 0 Å². The van der Waals surface area contributed by atoms with Gasteiger partial charge in [0, 0.05) is 18.4 Å². The standard InChI is InChI=1S/C13H13FN2O3S/c1-8(17)16-12(13(18)19)7-20-6-9-2-3-11(14)10(4-9)5-15/h2-4,12H,6-7H2,1H3,(H,16,17)(H,18,19). The van der Waals surface area contributed by atoms with Crippen molar-refractivity contribution >= 4 is 23.6 Å². The van der Waals surface area contributed by atoms with Gasteiger partial charge in [-0.2, -0.15) is 17.0 Å². The van der Waals surface area contributed by atoms with Crippen LogP contribution in [0.1, 0.15) is 18.1 Å². The largest absolute Gasteiger partial charge is 0.480 e. The molecule has 1 amide bonds. The molecule has 20 heavy (non-hydrogen) atoms. The van der Waals surface area contributed by atoms with Crippen LogP contribution in [0, 0.1) is 17.1 Å². The Bertz CT molecular complexity index is 557. The molecule has 2 N–H and O–H groups in total. The fraction of sp³-hybridized carbons (Fsp3) is 0.308. The molecule has 0 saturated carbocycles. The molecular weight excluding hydrogens is 283 g/mol. The zero-order chi connectivity index (χ0) is 15.1. The summed E-state index contributed by atoms with van der Waals surface area (Å²) in [6.07, 6.45) is 0. The molecule has 1 aromatic carbocycles. The molecule has 0 fully saturated rings. The maximum atomic E-state index is 13.1. The van der Waals surface area contributed by atoms with Gasteiger partial charge in [-0.15, -0.1) is 0 Å². The predicted octanol–water partition coefficient (Wildman–Crippen LogP) is 1.52. The van der Waals surface area contributed by atoms with Gasteiger partial charge >= 0.3 is 5.97 Å². The van der Waals surface area contributed by atoms with Crippen molar-refractivity contribution in [2.24, 2.45) is 0 Å². The summed E-state index contributed by atoms with van der Waals surface area (Å²) in [7, 11) is 0. The van der Waals surface area contributed by atoms with Gasteiger partial charge in [0.1, 0.15) is 17.9 Å². The topological polar surface area (TPSA) is 90.2 Å². The number of halogens is 1. The second-order valence-corrected chi connectivity index (χ2v) is 5.06. The van der Waals surface area contributed by atoms with Crippen LogP contribution in [0.25, 0.3) is 0 Å². The number of hydrogen-bond acceptors (Lipinski definition) is 4. The average Bonchev–Trinajstić information content (AvgIpc) is 2.38. The lowest BCUT2D eigenvalue weighted by Gasteiger charge is -2.12. The second kappa shape index (κ2) is 7.50. The number of hydrogen-bond donors (Lipinski definition) is 2. The van der Waals surface area contributed by atoms with Crippen LogP contribution in [0.4, 0.5) is 4.39 Å². The van der Waals surface area contributed by atoms with Crippen molar-refractivity contribution < 1.29 is 19.1 Å². The van der Waals surface area contributed by atoms with Crippen LogP contribution in [0.3, 0.4) is 0 Å². The molecule has 1 atom stereocenters. The highest BCUT2D eigenvalue weighted by Gasteiger charge is 2.18. The molecule has 0 bridgehead atoms. The zero-order valence-corrected chi connectivity index (χ0v) is 11.5. The van der Waals surface area contributed by atoms with Crippen LogP contribution < -0.4 is 5.32 Å². The number of thioether (sulfide) groups is 1. The molecule has 1 unspecified atom stereocenters. The Hall–Kier alpha value is -2.07. The van der Waals surface area contributed by atoms with Crippen molar-refractivity contribution in [2.75, 3.05) is 5.75 Å². The SMILES string of the molecule is CC(=O)NC(CSCc1ccc(F)c(C#N)c1)C(=O)O. The number of carboxylic acid groups (broad SMARTS) is 1. The highest BCUT2D eigenvalue weighted by atomic mass is 32.2. The Morgan fingerprint density at radius 2 is 2.25 bits per heavy atom. The lowest BCUT2D eigenvalue weighted by atomic mass is 10.1. The van der Waals surface area contributed by atoms with E-state index in [1.807, 2.05) is 0 Å². The van der Waals surface area contributed by atoms with Gasteiger partial charge in [-0.05, 0) is 17.7 Å². The molecular formula is C13H13FN2O3S. The number of rotatable bonds is 6. The maximum Gasteiger partial charge on any atom is 0.327 e. The van der Waals surface area contributed by atoms with E-state index in [1.54, 1.807) is 6.07 Å². The summed E-state index contributed by atoms with van der Waals surface area (Å²) in [5.74, 6) is -1.48. The third-order valence-corrected chi connectivity index (χ3v) is 3.49. The molecule has 0 saturated heterocycles. The summed E-state index contributed by atoms with van der Waals surface area (Å²) in [5.41, 5.74) is 0.680. The van der Waals surface area contributed by atoms with Gasteiger partial charge < -0.3 is 10.4 Å². The number of carboxylic acids is 1. The first-order chi connectivity index (χ1) is 9.43. The number of aliphatic carboxylic acids is 1. The van der Waals surface area contributed by atoms with E-state index < -0.39 is 23.7 Å². The highest BCUT2D eigenvalue weighted by Crippen LogP contribution is 2.16. The number of carbonyl (C=O) groups excluding carboxylic acids is 1. The Balaban J connectivity index is 2.57. The Kier molecular flexibility index (Phi) is 6.00. The van der Waals surface area contributed by atoms with E-state index in [1.165, 1.54) is 36.9 Å². The molecule has 0 spiro atoms. The van der Waals surface area contributed by atoms with Crippen molar-refractivity contribution in [3.8, 4) is 6.07 Å². The maximum absolute atomic E-state index is 13.1. The quantitative estimate of drug-likeness (QED) is 0.830. The number of carbonyl (C=O) groups is 2. The van der Waals surface area contributed by atoms with Crippen molar-refractivity contribution in [1.29, 1.82) is 5.26 Å². The first kappa shape index (κ1) is 16.0. The monoisotopic (exact) mass is 296 g/mol. The fourth-order valence-corrected chi connectivity index (χ4v) is 2.46. The molecule has 0 heterocycles. The van der Waals surface area contributed by atoms with Gasteiger partial charge in [-0.1, -0.05) is 6.07 Å². The molecule has 0 aliphatic rings. The normalized spacial score (nSPS) is 11.4. The van der Waals surface area contributed by atoms with Crippen LogP contribution >= 0.6 is 11.8 Å². The molecule has 5 nitrogen and oxygen atoms in total. The number of benzene rings is 1. The molecule has 7 heteroatoms. The summed E-state index contributed by atoms with van der Waals surface area (Å²) in [5, 5.41) is 19.9. The van der Waals surface area contributed by atoms with Crippen molar-refractivity contribution in [2.45, 2.75) is 18.7 Å². The average molecular weight is 296 g/mol. The van der Waals surface area contributed by atoms with Gasteiger partial charge in [0.2, 0.25) is 5.91 Å². The van der Waals surface area contributed by atoms with E-state index in [0.717, 1.165) is 5.56 Å². The summed E-state index contributed by atoms with van der Waals surface area (Å²) < 4.78 is 13.1. The third kappa shape index (κ3) is 4.90. The molecule has 0 aliphatic carbocycles. The molecule has 106 valence electrons. The lowest BCUT2D eigenvalue weighted by Crippen LogP contribution is -2.41. The Labute approximate surface area is 119 Å². The van der Waals surface area contributed by atoms with Gasteiger partial charge in [0.25, 0.3) is 0 Å². The van der Waals surface area contributed by atoms with E-state index in [2.05, 4.69) is 5.32 Å². The van der Waals surface area contributed by atoms with E-state index in [9.17, 15) is 14.0 Å². The number of amides is 1. The molecule has 1 rings (SSSR count). The van der Waals surface area contributed by atoms with E-state index in [4.69, 9.17) is 10.4 Å². The van der Waals surface area contributed by atoms with Gasteiger partial charge in [0.05, 0.1) is 5.56 Å². The smallest absolute Gasteiger partial charge is 0.327 e. The summed E-state index contributed by atoms with van der Waals surface area (Å²) >= 11 is 1.28. The van der Waals surface area contributed by atoms with E-state index in [0.29, 0.717) is 5.75 Å². The summed E-state index contributed by atoms with van der Waals surface area (Å²) in [4.78, 5) is 21.8. The predicted molar refractivity (Wildman–Crippen MR) is 72.5 cm³/mol. The Morgan fingerprint density at radius 3 is 2.80 bits per heavy atom. The fourth-order valence-electron chi connectivity index (χ4n) is 1.46. The first-order valence-electron chi connectivity index (χ1n) is 5.70. The highest BCUT2D eigenvalue weighted by molar-refractivity contribution is 7.98. The Morgan fingerprint density at radius 1 is 1.55 bits per heavy atom. The third-order valence-electron chi connectivity index (χ3n) is 2.38. The molecule has 0 radical (unpaired) electrons. The first-order valence-corrected chi connectivity index (χ1v) is 6.85. The summed E-state index contributed by atoms with van der Waals surface area (Å²) in [6.45, 7) is 1.25. The van der Waals surface area contributed by atoms with Crippen molar-refractivity contribution in [1.82, 2.24) is 5.32 Å². The minimum absolute atomic E-state index is 0.0419. The molecule has 0 aromatic heterocycles. The number of nitrogens with one attached hydrogen (secondary N) is 1. The van der Waals surface area contributed by atoms with E-state index in [-0.39, 0.29) is 11.3 Å². The van der Waals surface area contributed by atoms with Crippen LogP contribution in [-0.4, -0.2) is 28.8 Å². The van der Waals surface area contributed by atoms with Crippen LogP contribution in [-0.2, 0) is 15.3 Å². The molecule has 0 aliphatic heterocycles. The van der Waals surface area contributed by atoms with Crippen LogP contribution in [0.15, 0.2) is 18.2 Å². The van der Waals surface area contributed by atoms with Gasteiger partial charge in [-0.25, -0.2) is 9.18 Å². The minimum atomic E-state index is -1.11. The minimum Gasteiger partial charge on any atom is -0.480 e.